The van der Waals surface area contributed by atoms with Crippen LogP contribution in [0.2, 0.25) is 0 Å². The van der Waals surface area contributed by atoms with E-state index in [0.29, 0.717) is 35.7 Å². The van der Waals surface area contributed by atoms with Gasteiger partial charge in [0.2, 0.25) is 5.43 Å². The Bertz CT molecular complexity index is 1080. The van der Waals surface area contributed by atoms with E-state index in [0.717, 1.165) is 12.8 Å². The highest BCUT2D eigenvalue weighted by molar-refractivity contribution is 5.88. The SMILES string of the molecule is COc1cc(O)c2c(=O)c(-c3ccc(OC(=O)N4CCCC4)cc3)coc2c1. The van der Waals surface area contributed by atoms with Crippen LogP contribution in [0.1, 0.15) is 12.8 Å². The topological polar surface area (TPSA) is 89.2 Å². The highest BCUT2D eigenvalue weighted by Crippen LogP contribution is 2.30. The summed E-state index contributed by atoms with van der Waals surface area (Å²) < 4.78 is 16.0. The summed E-state index contributed by atoms with van der Waals surface area (Å²) in [7, 11) is 1.46. The van der Waals surface area contributed by atoms with E-state index in [-0.39, 0.29) is 28.2 Å². The number of carbonyl (C=O) groups excluding carboxylic acids is 1. The molecule has 7 heteroatoms. The van der Waals surface area contributed by atoms with Crippen molar-refractivity contribution in [3.63, 3.8) is 0 Å². The van der Waals surface area contributed by atoms with Gasteiger partial charge in [-0.2, -0.15) is 0 Å². The van der Waals surface area contributed by atoms with Crippen molar-refractivity contribution in [1.82, 2.24) is 4.90 Å². The lowest BCUT2D eigenvalue weighted by atomic mass is 10.0. The number of phenolic OH excluding ortho intramolecular Hbond substituents is 1. The van der Waals surface area contributed by atoms with Crippen molar-refractivity contribution in [2.24, 2.45) is 0 Å². The number of nitrogens with zero attached hydrogens (tertiary/aromatic N) is 1. The average Bonchev–Trinajstić information content (AvgIpc) is 3.23. The number of carbonyl (C=O) groups is 1. The fraction of sp³-hybridized carbons (Fsp3) is 0.238. The number of amides is 1. The van der Waals surface area contributed by atoms with Gasteiger partial charge in [-0.15, -0.1) is 0 Å². The van der Waals surface area contributed by atoms with Gasteiger partial charge in [0.25, 0.3) is 0 Å². The molecule has 1 saturated heterocycles. The van der Waals surface area contributed by atoms with E-state index in [1.807, 2.05) is 0 Å². The zero-order chi connectivity index (χ0) is 19.7. The highest BCUT2D eigenvalue weighted by Gasteiger charge is 2.20. The number of hydrogen-bond donors (Lipinski definition) is 1. The molecule has 1 aliphatic heterocycles. The molecule has 0 aliphatic carbocycles. The number of aromatic hydroxyl groups is 1. The maximum Gasteiger partial charge on any atom is 0.415 e. The summed E-state index contributed by atoms with van der Waals surface area (Å²) in [5, 5.41) is 10.3. The lowest BCUT2D eigenvalue weighted by Gasteiger charge is -2.14. The maximum absolute atomic E-state index is 12.8. The molecular weight excluding hydrogens is 362 g/mol. The average molecular weight is 381 g/mol. The molecule has 1 N–H and O–H groups in total. The van der Waals surface area contributed by atoms with Crippen LogP contribution in [0.25, 0.3) is 22.1 Å². The number of phenols is 1. The van der Waals surface area contributed by atoms with E-state index in [1.165, 1.54) is 19.4 Å². The van der Waals surface area contributed by atoms with Crippen LogP contribution < -0.4 is 14.9 Å². The lowest BCUT2D eigenvalue weighted by Crippen LogP contribution is -2.30. The Morgan fingerprint density at radius 3 is 2.50 bits per heavy atom. The van der Waals surface area contributed by atoms with E-state index in [9.17, 15) is 14.7 Å². The van der Waals surface area contributed by atoms with Crippen LogP contribution in [0.4, 0.5) is 4.79 Å². The summed E-state index contributed by atoms with van der Waals surface area (Å²) in [6.45, 7) is 1.42. The Kier molecular flexibility index (Phi) is 4.65. The van der Waals surface area contributed by atoms with Crippen molar-refractivity contribution in [3.8, 4) is 28.4 Å². The van der Waals surface area contributed by atoms with Gasteiger partial charge in [-0.3, -0.25) is 4.79 Å². The number of benzene rings is 2. The predicted molar refractivity (Wildman–Crippen MR) is 103 cm³/mol. The van der Waals surface area contributed by atoms with Crippen LogP contribution in [0, 0.1) is 0 Å². The first-order valence-corrected chi connectivity index (χ1v) is 8.96. The number of likely N-dealkylation sites (tertiary alicyclic amines) is 1. The molecule has 0 radical (unpaired) electrons. The van der Waals surface area contributed by atoms with E-state index >= 15 is 0 Å². The van der Waals surface area contributed by atoms with Gasteiger partial charge in [-0.1, -0.05) is 12.1 Å². The molecule has 1 aromatic heterocycles. The summed E-state index contributed by atoms with van der Waals surface area (Å²) >= 11 is 0. The van der Waals surface area contributed by atoms with Crippen molar-refractivity contribution in [1.29, 1.82) is 0 Å². The molecule has 144 valence electrons. The Morgan fingerprint density at radius 2 is 1.82 bits per heavy atom. The van der Waals surface area contributed by atoms with Crippen molar-refractivity contribution in [2.45, 2.75) is 12.8 Å². The predicted octanol–water partition coefficient (Wildman–Crippen LogP) is 3.77. The zero-order valence-electron chi connectivity index (χ0n) is 15.3. The number of rotatable bonds is 3. The number of methoxy groups -OCH3 is 1. The van der Waals surface area contributed by atoms with Crippen molar-refractivity contribution in [2.75, 3.05) is 20.2 Å². The number of fused-ring (bicyclic) bond motifs is 1. The number of ether oxygens (including phenoxy) is 2. The van der Waals surface area contributed by atoms with E-state index in [2.05, 4.69) is 0 Å². The molecule has 0 bridgehead atoms. The summed E-state index contributed by atoms with van der Waals surface area (Å²) in [5.74, 6) is 0.588. The standard InChI is InChI=1S/C21H19NO6/c1-26-15-10-17(23)19-18(11-15)27-12-16(20(19)24)13-4-6-14(7-5-13)28-21(25)22-8-2-3-9-22/h4-7,10-12,23H,2-3,8-9H2,1H3. The van der Waals surface area contributed by atoms with Crippen LogP contribution in [0.15, 0.2) is 51.9 Å². The molecular formula is C21H19NO6. The fourth-order valence-electron chi connectivity index (χ4n) is 3.29. The molecule has 2 aromatic carbocycles. The summed E-state index contributed by atoms with van der Waals surface area (Å²) in [6.07, 6.45) is 2.96. The second kappa shape index (κ2) is 7.26. The molecule has 0 spiro atoms. The summed E-state index contributed by atoms with van der Waals surface area (Å²) in [4.78, 5) is 26.6. The quantitative estimate of drug-likeness (QED) is 0.743. The van der Waals surface area contributed by atoms with Gasteiger partial charge >= 0.3 is 6.09 Å². The van der Waals surface area contributed by atoms with Crippen LogP contribution in [-0.2, 0) is 0 Å². The first-order valence-electron chi connectivity index (χ1n) is 8.96. The van der Waals surface area contributed by atoms with Crippen molar-refractivity contribution in [3.05, 3.63) is 52.9 Å². The lowest BCUT2D eigenvalue weighted by molar-refractivity contribution is 0.163. The third-order valence-corrected chi connectivity index (χ3v) is 4.80. The van der Waals surface area contributed by atoms with Crippen LogP contribution in [0.3, 0.4) is 0 Å². The molecule has 2 heterocycles. The smallest absolute Gasteiger partial charge is 0.415 e. The Labute approximate surface area is 160 Å². The first-order chi connectivity index (χ1) is 13.6. The first kappa shape index (κ1) is 17.9. The third-order valence-electron chi connectivity index (χ3n) is 4.80. The monoisotopic (exact) mass is 381 g/mol. The molecule has 1 amide bonds. The van der Waals surface area contributed by atoms with Crippen molar-refractivity contribution >= 4 is 17.1 Å². The van der Waals surface area contributed by atoms with Gasteiger partial charge in [0.1, 0.15) is 34.5 Å². The minimum absolute atomic E-state index is 0.0860. The highest BCUT2D eigenvalue weighted by atomic mass is 16.6. The molecule has 28 heavy (non-hydrogen) atoms. The van der Waals surface area contributed by atoms with Crippen LogP contribution in [0.5, 0.6) is 17.2 Å². The molecule has 0 saturated carbocycles. The largest absolute Gasteiger partial charge is 0.507 e. The van der Waals surface area contributed by atoms with Crippen LogP contribution in [-0.4, -0.2) is 36.3 Å². The van der Waals surface area contributed by atoms with E-state index in [4.69, 9.17) is 13.9 Å². The summed E-state index contributed by atoms with van der Waals surface area (Å²) in [6, 6.07) is 9.50. The van der Waals surface area contributed by atoms with Gasteiger partial charge in [-0.05, 0) is 30.5 Å². The summed E-state index contributed by atoms with van der Waals surface area (Å²) in [5.41, 5.74) is 0.766. The third kappa shape index (κ3) is 3.26. The minimum Gasteiger partial charge on any atom is -0.507 e. The molecule has 4 rings (SSSR count). The second-order valence-corrected chi connectivity index (χ2v) is 6.58. The van der Waals surface area contributed by atoms with Gasteiger partial charge in [0.15, 0.2) is 0 Å². The van der Waals surface area contributed by atoms with Gasteiger partial charge in [0.05, 0.1) is 12.7 Å². The van der Waals surface area contributed by atoms with E-state index in [1.54, 1.807) is 35.2 Å². The minimum atomic E-state index is -0.366. The fourth-order valence-corrected chi connectivity index (χ4v) is 3.29. The molecule has 0 atom stereocenters. The normalized spacial score (nSPS) is 13.7. The molecule has 0 unspecified atom stereocenters. The molecule has 3 aromatic rings. The Balaban J connectivity index is 1.63. The van der Waals surface area contributed by atoms with Crippen molar-refractivity contribution < 1.29 is 23.8 Å². The number of hydrogen-bond acceptors (Lipinski definition) is 6. The molecule has 1 fully saturated rings. The van der Waals surface area contributed by atoms with Gasteiger partial charge in [-0.25, -0.2) is 4.79 Å². The van der Waals surface area contributed by atoms with Gasteiger partial charge in [0, 0.05) is 25.2 Å². The van der Waals surface area contributed by atoms with Crippen LogP contribution >= 0.6 is 0 Å². The maximum atomic E-state index is 12.8. The zero-order valence-corrected chi connectivity index (χ0v) is 15.3. The second-order valence-electron chi connectivity index (χ2n) is 6.58. The van der Waals surface area contributed by atoms with Gasteiger partial charge < -0.3 is 23.9 Å². The Morgan fingerprint density at radius 1 is 1.11 bits per heavy atom. The van der Waals surface area contributed by atoms with E-state index < -0.39 is 0 Å². The molecule has 7 nitrogen and oxygen atoms in total. The molecule has 1 aliphatic rings. The Hall–Kier alpha value is -3.48.